The van der Waals surface area contributed by atoms with Crippen LogP contribution in [0.25, 0.3) is 0 Å². The highest BCUT2D eigenvalue weighted by molar-refractivity contribution is 7.13. The Morgan fingerprint density at radius 1 is 1.16 bits per heavy atom. The lowest BCUT2D eigenvalue weighted by molar-refractivity contribution is -0.136. The van der Waals surface area contributed by atoms with Crippen molar-refractivity contribution in [1.29, 1.82) is 0 Å². The Labute approximate surface area is 184 Å². The van der Waals surface area contributed by atoms with Crippen molar-refractivity contribution < 1.29 is 14.4 Å². The molecule has 4 heterocycles. The number of imide groups is 1. The molecule has 9 heteroatoms. The predicted molar refractivity (Wildman–Crippen MR) is 117 cm³/mol. The van der Waals surface area contributed by atoms with Crippen LogP contribution in [-0.4, -0.2) is 46.7 Å². The van der Waals surface area contributed by atoms with Gasteiger partial charge in [-0.1, -0.05) is 18.2 Å². The molecule has 0 saturated carbocycles. The first-order valence-corrected chi connectivity index (χ1v) is 11.6. The van der Waals surface area contributed by atoms with Crippen LogP contribution in [0, 0.1) is 0 Å². The quantitative estimate of drug-likeness (QED) is 0.616. The lowest BCUT2D eigenvalue weighted by atomic mass is 9.96. The monoisotopic (exact) mass is 439 g/mol. The average molecular weight is 440 g/mol. The molecular formula is C22H25N5O3S. The van der Waals surface area contributed by atoms with Crippen molar-refractivity contribution in [2.75, 3.05) is 18.4 Å². The van der Waals surface area contributed by atoms with Gasteiger partial charge in [0.25, 0.3) is 5.91 Å². The van der Waals surface area contributed by atoms with E-state index in [4.69, 9.17) is 4.98 Å². The highest BCUT2D eigenvalue weighted by Gasteiger charge is 2.39. The summed E-state index contributed by atoms with van der Waals surface area (Å²) >= 11 is 1.60. The molecule has 8 nitrogen and oxygen atoms in total. The molecule has 3 N–H and O–H groups in total. The molecule has 2 fully saturated rings. The van der Waals surface area contributed by atoms with Crippen LogP contribution in [0.5, 0.6) is 0 Å². The number of thiazole rings is 1. The fourth-order valence-corrected chi connectivity index (χ4v) is 5.47. The zero-order chi connectivity index (χ0) is 21.4. The standard InChI is InChI=1S/C22H25N5O3S/c28-18-5-4-17(20(29)26-18)27-11-15-3-1-2-14(19(15)21(27)30)10-24-22-25-16(12-31-22)13-6-8-23-9-7-13/h1-3,12-13,17,23H,4-11H2,(H,24,25)(H,26,28,29). The first-order chi connectivity index (χ1) is 15.1. The van der Waals surface area contributed by atoms with Crippen molar-refractivity contribution in [1.82, 2.24) is 20.5 Å². The third-order valence-corrected chi connectivity index (χ3v) is 7.17. The Hall–Kier alpha value is -2.78. The molecule has 0 bridgehead atoms. The molecule has 1 aromatic heterocycles. The Bertz CT molecular complexity index is 1030. The molecule has 3 amide bonds. The number of nitrogens with one attached hydrogen (secondary N) is 3. The lowest BCUT2D eigenvalue weighted by Gasteiger charge is -2.29. The summed E-state index contributed by atoms with van der Waals surface area (Å²) in [5.41, 5.74) is 3.63. The summed E-state index contributed by atoms with van der Waals surface area (Å²) < 4.78 is 0. The second-order valence-corrected chi connectivity index (χ2v) is 9.16. The number of piperidine rings is 2. The number of fused-ring (bicyclic) bond motifs is 1. The molecule has 1 aromatic carbocycles. The van der Waals surface area contributed by atoms with Crippen LogP contribution in [0.3, 0.4) is 0 Å². The normalized spacial score (nSPS) is 21.9. The maximum atomic E-state index is 13.2. The second-order valence-electron chi connectivity index (χ2n) is 8.31. The van der Waals surface area contributed by atoms with Gasteiger partial charge in [-0.3, -0.25) is 19.7 Å². The highest BCUT2D eigenvalue weighted by Crippen LogP contribution is 2.31. The molecule has 0 radical (unpaired) electrons. The molecular weight excluding hydrogens is 414 g/mol. The van der Waals surface area contributed by atoms with Crippen LogP contribution in [0.1, 0.15) is 58.8 Å². The van der Waals surface area contributed by atoms with E-state index in [1.807, 2.05) is 18.2 Å². The van der Waals surface area contributed by atoms with E-state index in [1.54, 1.807) is 16.2 Å². The molecule has 31 heavy (non-hydrogen) atoms. The summed E-state index contributed by atoms with van der Waals surface area (Å²) in [6, 6.07) is 5.23. The molecule has 162 valence electrons. The summed E-state index contributed by atoms with van der Waals surface area (Å²) in [5, 5.41) is 12.1. The van der Waals surface area contributed by atoms with Gasteiger partial charge in [0, 0.05) is 36.4 Å². The van der Waals surface area contributed by atoms with Crippen LogP contribution >= 0.6 is 11.3 Å². The molecule has 1 atom stereocenters. The van der Waals surface area contributed by atoms with E-state index in [1.165, 1.54) is 0 Å². The number of rotatable bonds is 5. The van der Waals surface area contributed by atoms with Crippen molar-refractivity contribution in [2.45, 2.75) is 50.7 Å². The highest BCUT2D eigenvalue weighted by atomic mass is 32.1. The van der Waals surface area contributed by atoms with Crippen molar-refractivity contribution in [3.8, 4) is 0 Å². The van der Waals surface area contributed by atoms with E-state index >= 15 is 0 Å². The Balaban J connectivity index is 1.28. The number of benzene rings is 1. The van der Waals surface area contributed by atoms with Crippen LogP contribution in [0.2, 0.25) is 0 Å². The van der Waals surface area contributed by atoms with Crippen molar-refractivity contribution in [3.63, 3.8) is 0 Å². The summed E-state index contributed by atoms with van der Waals surface area (Å²) in [4.78, 5) is 43.3. The first kappa shape index (κ1) is 20.1. The topological polar surface area (TPSA) is 103 Å². The number of anilines is 1. The van der Waals surface area contributed by atoms with Crippen LogP contribution < -0.4 is 16.0 Å². The van der Waals surface area contributed by atoms with Crippen LogP contribution in [-0.2, 0) is 22.7 Å². The van der Waals surface area contributed by atoms with Gasteiger partial charge in [0.15, 0.2) is 5.13 Å². The summed E-state index contributed by atoms with van der Waals surface area (Å²) in [7, 11) is 0. The van der Waals surface area contributed by atoms with Crippen molar-refractivity contribution >= 4 is 34.2 Å². The third-order valence-electron chi connectivity index (χ3n) is 6.35. The minimum Gasteiger partial charge on any atom is -0.357 e. The number of hydrogen-bond donors (Lipinski definition) is 3. The predicted octanol–water partition coefficient (Wildman–Crippen LogP) is 1.98. The fraction of sp³-hybridized carbons (Fsp3) is 0.455. The Morgan fingerprint density at radius 3 is 2.81 bits per heavy atom. The number of carbonyl (C=O) groups is 3. The molecule has 3 aliphatic rings. The number of aromatic nitrogens is 1. The molecule has 1 unspecified atom stereocenters. The minimum absolute atomic E-state index is 0.142. The summed E-state index contributed by atoms with van der Waals surface area (Å²) in [5.74, 6) is -0.290. The SMILES string of the molecule is O=C1CCC(N2Cc3cccc(CNc4nc(C5CCNCC5)cs4)c3C2=O)C(=O)N1. The van der Waals surface area contributed by atoms with Gasteiger partial charge in [0.1, 0.15) is 6.04 Å². The maximum Gasteiger partial charge on any atom is 0.255 e. The van der Waals surface area contributed by atoms with E-state index in [2.05, 4.69) is 21.3 Å². The van der Waals surface area contributed by atoms with Crippen molar-refractivity contribution in [2.24, 2.45) is 0 Å². The molecule has 5 rings (SSSR count). The van der Waals surface area contributed by atoms with E-state index in [0.717, 1.165) is 47.9 Å². The zero-order valence-electron chi connectivity index (χ0n) is 17.1. The van der Waals surface area contributed by atoms with Gasteiger partial charge in [-0.05, 0) is 43.5 Å². The van der Waals surface area contributed by atoms with Gasteiger partial charge in [0.2, 0.25) is 11.8 Å². The first-order valence-electron chi connectivity index (χ1n) is 10.8. The van der Waals surface area contributed by atoms with Gasteiger partial charge < -0.3 is 15.5 Å². The second kappa shape index (κ2) is 8.39. The third kappa shape index (κ3) is 3.95. The van der Waals surface area contributed by atoms with E-state index in [9.17, 15) is 14.4 Å². The van der Waals surface area contributed by atoms with Crippen LogP contribution in [0.15, 0.2) is 23.6 Å². The fourth-order valence-electron chi connectivity index (χ4n) is 4.68. The number of nitrogens with zero attached hydrogens (tertiary/aromatic N) is 2. The number of carbonyl (C=O) groups excluding carboxylic acids is 3. The molecule has 3 aliphatic heterocycles. The Morgan fingerprint density at radius 2 is 2.00 bits per heavy atom. The summed E-state index contributed by atoms with van der Waals surface area (Å²) in [6.07, 6.45) is 2.85. The van der Waals surface area contributed by atoms with Gasteiger partial charge in [0.05, 0.1) is 5.69 Å². The van der Waals surface area contributed by atoms with Gasteiger partial charge >= 0.3 is 0 Å². The zero-order valence-corrected chi connectivity index (χ0v) is 18.0. The molecule has 0 aliphatic carbocycles. The average Bonchev–Trinajstić information content (AvgIpc) is 3.38. The van der Waals surface area contributed by atoms with Gasteiger partial charge in [-0.25, -0.2) is 4.98 Å². The van der Waals surface area contributed by atoms with Gasteiger partial charge in [-0.2, -0.15) is 0 Å². The van der Waals surface area contributed by atoms with E-state index in [-0.39, 0.29) is 24.1 Å². The largest absolute Gasteiger partial charge is 0.357 e. The minimum atomic E-state index is -0.593. The van der Waals surface area contributed by atoms with E-state index in [0.29, 0.717) is 31.0 Å². The molecule has 2 aromatic rings. The lowest BCUT2D eigenvalue weighted by Crippen LogP contribution is -2.52. The van der Waals surface area contributed by atoms with Crippen LogP contribution in [0.4, 0.5) is 5.13 Å². The molecule has 2 saturated heterocycles. The summed E-state index contributed by atoms with van der Waals surface area (Å²) in [6.45, 7) is 2.96. The Kier molecular flexibility index (Phi) is 5.45. The van der Waals surface area contributed by atoms with Crippen molar-refractivity contribution in [3.05, 3.63) is 46.0 Å². The number of amides is 3. The number of hydrogen-bond acceptors (Lipinski definition) is 7. The van der Waals surface area contributed by atoms with Gasteiger partial charge in [-0.15, -0.1) is 11.3 Å². The van der Waals surface area contributed by atoms with E-state index < -0.39 is 6.04 Å². The smallest absolute Gasteiger partial charge is 0.255 e. The maximum absolute atomic E-state index is 13.2. The molecule has 0 spiro atoms.